The molecule has 0 saturated heterocycles. The van der Waals surface area contributed by atoms with E-state index in [1.165, 1.54) is 11.1 Å². The summed E-state index contributed by atoms with van der Waals surface area (Å²) in [6.45, 7) is 2.65. The van der Waals surface area contributed by atoms with Crippen molar-refractivity contribution in [3.63, 3.8) is 0 Å². The average molecular weight is 449 g/mol. The SMILES string of the molecule is CSCCCNC(=O)CCC(=O)c1ccc2c(c1)CCNCC2.O=C(O)C(F)(F)F. The molecule has 2 rings (SSSR count). The number of carboxylic acids is 1. The molecule has 0 spiro atoms. The number of halogens is 3. The molecule has 0 fully saturated rings. The van der Waals surface area contributed by atoms with Crippen molar-refractivity contribution in [1.82, 2.24) is 10.6 Å². The Kier molecular flexibility index (Phi) is 11.5. The van der Waals surface area contributed by atoms with Crippen molar-refractivity contribution >= 4 is 29.4 Å². The third-order valence-corrected chi connectivity index (χ3v) is 5.04. The molecule has 0 aromatic heterocycles. The number of ketones is 1. The first-order chi connectivity index (χ1) is 14.1. The Morgan fingerprint density at radius 1 is 1.13 bits per heavy atom. The summed E-state index contributed by atoms with van der Waals surface area (Å²) in [5.41, 5.74) is 3.33. The highest BCUT2D eigenvalue weighted by molar-refractivity contribution is 7.98. The maximum absolute atomic E-state index is 12.3. The van der Waals surface area contributed by atoms with Crippen LogP contribution in [0.15, 0.2) is 18.2 Å². The first-order valence-electron chi connectivity index (χ1n) is 9.56. The summed E-state index contributed by atoms with van der Waals surface area (Å²) in [6, 6.07) is 5.99. The highest BCUT2D eigenvalue weighted by atomic mass is 32.2. The molecule has 1 amide bonds. The lowest BCUT2D eigenvalue weighted by atomic mass is 9.97. The van der Waals surface area contributed by atoms with Crippen molar-refractivity contribution in [3.8, 4) is 0 Å². The number of benzene rings is 1. The smallest absolute Gasteiger partial charge is 0.475 e. The summed E-state index contributed by atoms with van der Waals surface area (Å²) in [5, 5.41) is 13.4. The Bertz CT molecular complexity index is 726. The molecule has 1 heterocycles. The number of rotatable bonds is 8. The summed E-state index contributed by atoms with van der Waals surface area (Å²) in [7, 11) is 0. The van der Waals surface area contributed by atoms with Gasteiger partial charge in [-0.05, 0) is 61.6 Å². The van der Waals surface area contributed by atoms with Gasteiger partial charge in [0.05, 0.1) is 0 Å². The van der Waals surface area contributed by atoms with Crippen LogP contribution in [0.5, 0.6) is 0 Å². The number of carbonyl (C=O) groups excluding carboxylic acids is 2. The number of aliphatic carboxylic acids is 1. The van der Waals surface area contributed by atoms with E-state index in [1.54, 1.807) is 11.8 Å². The molecule has 30 heavy (non-hydrogen) atoms. The second kappa shape index (κ2) is 13.3. The fraction of sp³-hybridized carbons (Fsp3) is 0.550. The molecule has 1 aliphatic rings. The molecule has 0 bridgehead atoms. The first-order valence-corrected chi connectivity index (χ1v) is 11.0. The van der Waals surface area contributed by atoms with Crippen LogP contribution in [0.3, 0.4) is 0 Å². The van der Waals surface area contributed by atoms with E-state index in [0.29, 0.717) is 6.54 Å². The Morgan fingerprint density at radius 2 is 1.77 bits per heavy atom. The zero-order valence-electron chi connectivity index (χ0n) is 16.8. The van der Waals surface area contributed by atoms with Gasteiger partial charge in [-0.3, -0.25) is 9.59 Å². The van der Waals surface area contributed by atoms with E-state index in [1.807, 2.05) is 12.1 Å². The Morgan fingerprint density at radius 3 is 2.37 bits per heavy atom. The van der Waals surface area contributed by atoms with Crippen molar-refractivity contribution < 1.29 is 32.7 Å². The van der Waals surface area contributed by atoms with Gasteiger partial charge in [-0.2, -0.15) is 24.9 Å². The van der Waals surface area contributed by atoms with Gasteiger partial charge in [-0.15, -0.1) is 0 Å². The molecule has 1 aliphatic heterocycles. The van der Waals surface area contributed by atoms with Gasteiger partial charge >= 0.3 is 12.1 Å². The predicted octanol–water partition coefficient (Wildman–Crippen LogP) is 2.84. The number of nitrogens with one attached hydrogen (secondary N) is 2. The van der Waals surface area contributed by atoms with Crippen LogP contribution in [0, 0.1) is 0 Å². The summed E-state index contributed by atoms with van der Waals surface area (Å²) in [6.07, 6.45) is 0.480. The van der Waals surface area contributed by atoms with Crippen LogP contribution in [0.2, 0.25) is 0 Å². The van der Waals surface area contributed by atoms with E-state index in [0.717, 1.165) is 43.7 Å². The molecule has 1 aromatic carbocycles. The molecule has 0 atom stereocenters. The number of Topliss-reactive ketones (excluding diaryl/α,β-unsaturated/α-hetero) is 1. The van der Waals surface area contributed by atoms with Crippen LogP contribution in [-0.4, -0.2) is 60.6 Å². The summed E-state index contributed by atoms with van der Waals surface area (Å²) >= 11 is 1.77. The number of hydrogen-bond donors (Lipinski definition) is 3. The number of carboxylic acid groups (broad SMARTS) is 1. The van der Waals surface area contributed by atoms with Crippen molar-refractivity contribution in [1.29, 1.82) is 0 Å². The number of alkyl halides is 3. The van der Waals surface area contributed by atoms with Crippen LogP contribution in [0.25, 0.3) is 0 Å². The molecule has 0 unspecified atom stereocenters. The second-order valence-corrected chi connectivity index (χ2v) is 7.64. The van der Waals surface area contributed by atoms with Crippen molar-refractivity contribution in [3.05, 3.63) is 34.9 Å². The van der Waals surface area contributed by atoms with Gasteiger partial charge in [-0.25, -0.2) is 4.79 Å². The summed E-state index contributed by atoms with van der Waals surface area (Å²) in [5.74, 6) is -1.68. The van der Waals surface area contributed by atoms with Crippen LogP contribution in [0.1, 0.15) is 40.7 Å². The number of hydrogen-bond acceptors (Lipinski definition) is 5. The third-order valence-electron chi connectivity index (χ3n) is 4.34. The van der Waals surface area contributed by atoms with E-state index in [9.17, 15) is 22.8 Å². The average Bonchev–Trinajstić information content (AvgIpc) is 2.94. The molecule has 0 saturated carbocycles. The standard InChI is InChI=1S/C18H26N2O2S.C2HF3O2/c1-23-12-2-9-20-18(22)6-5-17(21)16-4-3-14-7-10-19-11-8-15(14)13-16;3-2(4,5)1(6)7/h3-4,13,19H,2,5-12H2,1H3,(H,20,22);(H,6,7). The lowest BCUT2D eigenvalue weighted by Gasteiger charge is -2.08. The number of fused-ring (bicyclic) bond motifs is 1. The van der Waals surface area contributed by atoms with Crippen LogP contribution < -0.4 is 10.6 Å². The number of amides is 1. The van der Waals surface area contributed by atoms with Gasteiger partial charge in [0.25, 0.3) is 0 Å². The van der Waals surface area contributed by atoms with Crippen LogP contribution >= 0.6 is 11.8 Å². The second-order valence-electron chi connectivity index (χ2n) is 6.66. The number of thioether (sulfide) groups is 1. The van der Waals surface area contributed by atoms with E-state index in [4.69, 9.17) is 9.90 Å². The van der Waals surface area contributed by atoms with Gasteiger partial charge in [0.15, 0.2) is 5.78 Å². The fourth-order valence-corrected chi connectivity index (χ4v) is 3.18. The third kappa shape index (κ3) is 10.1. The van der Waals surface area contributed by atoms with Crippen molar-refractivity contribution in [2.24, 2.45) is 0 Å². The van der Waals surface area contributed by atoms with Crippen LogP contribution in [0.4, 0.5) is 13.2 Å². The highest BCUT2D eigenvalue weighted by Crippen LogP contribution is 2.17. The molecule has 0 aliphatic carbocycles. The molecule has 10 heteroatoms. The Labute approximate surface area is 178 Å². The van der Waals surface area contributed by atoms with Crippen LogP contribution in [-0.2, 0) is 22.4 Å². The van der Waals surface area contributed by atoms with E-state index >= 15 is 0 Å². The predicted molar refractivity (Wildman–Crippen MR) is 110 cm³/mol. The summed E-state index contributed by atoms with van der Waals surface area (Å²) < 4.78 is 31.7. The van der Waals surface area contributed by atoms with Crippen molar-refractivity contribution in [2.75, 3.05) is 31.6 Å². The maximum atomic E-state index is 12.3. The van der Waals surface area contributed by atoms with E-state index < -0.39 is 12.1 Å². The minimum absolute atomic E-state index is 0.0292. The van der Waals surface area contributed by atoms with Gasteiger partial charge in [0.2, 0.25) is 5.91 Å². The Hall–Kier alpha value is -2.07. The lowest BCUT2D eigenvalue weighted by molar-refractivity contribution is -0.192. The zero-order valence-corrected chi connectivity index (χ0v) is 17.6. The number of carbonyl (C=O) groups is 3. The van der Waals surface area contributed by atoms with Gasteiger partial charge < -0.3 is 15.7 Å². The topological polar surface area (TPSA) is 95.5 Å². The molecular weight excluding hydrogens is 421 g/mol. The van der Waals surface area contributed by atoms with E-state index in [-0.39, 0.29) is 24.5 Å². The normalized spacial score (nSPS) is 13.3. The fourth-order valence-electron chi connectivity index (χ4n) is 2.75. The molecule has 168 valence electrons. The minimum Gasteiger partial charge on any atom is -0.475 e. The quantitative estimate of drug-likeness (QED) is 0.418. The minimum atomic E-state index is -5.08. The lowest BCUT2D eigenvalue weighted by Crippen LogP contribution is -2.25. The largest absolute Gasteiger partial charge is 0.490 e. The zero-order chi connectivity index (χ0) is 22.6. The first kappa shape index (κ1) is 26.0. The van der Waals surface area contributed by atoms with E-state index in [2.05, 4.69) is 23.0 Å². The highest BCUT2D eigenvalue weighted by Gasteiger charge is 2.38. The monoisotopic (exact) mass is 448 g/mol. The van der Waals surface area contributed by atoms with Gasteiger partial charge in [0, 0.05) is 24.9 Å². The molecule has 6 nitrogen and oxygen atoms in total. The maximum Gasteiger partial charge on any atom is 0.490 e. The molecule has 1 aromatic rings. The molecule has 3 N–H and O–H groups in total. The Balaban J connectivity index is 0.000000553. The molecular formula is C20H27F3N2O4S. The van der Waals surface area contributed by atoms with Gasteiger partial charge in [-0.1, -0.05) is 12.1 Å². The van der Waals surface area contributed by atoms with Crippen molar-refractivity contribution in [2.45, 2.75) is 38.3 Å². The molecule has 0 radical (unpaired) electrons. The van der Waals surface area contributed by atoms with Gasteiger partial charge in [0.1, 0.15) is 0 Å². The summed E-state index contributed by atoms with van der Waals surface area (Å²) in [4.78, 5) is 32.9.